The molecule has 2 aromatic rings. The molecule has 1 fully saturated rings. The van der Waals surface area contributed by atoms with Gasteiger partial charge in [0, 0.05) is 5.39 Å². The maximum absolute atomic E-state index is 5.57. The Morgan fingerprint density at radius 2 is 1.53 bits per heavy atom. The third-order valence-corrected chi connectivity index (χ3v) is 5.35. The summed E-state index contributed by atoms with van der Waals surface area (Å²) >= 11 is 0. The SMILES string of the molecule is CC12CCC(C)(CC1)c1cc3occc3cc12. The van der Waals surface area contributed by atoms with Crippen molar-refractivity contribution in [3.8, 4) is 0 Å². The van der Waals surface area contributed by atoms with Gasteiger partial charge < -0.3 is 4.42 Å². The molecular weight excluding hydrogens is 208 g/mol. The van der Waals surface area contributed by atoms with Crippen molar-refractivity contribution in [2.75, 3.05) is 0 Å². The van der Waals surface area contributed by atoms with Crippen LogP contribution < -0.4 is 0 Å². The highest BCUT2D eigenvalue weighted by atomic mass is 16.3. The second-order valence-electron chi connectivity index (χ2n) is 6.48. The molecule has 3 aliphatic carbocycles. The molecule has 1 aromatic carbocycles. The minimum atomic E-state index is 0.397. The molecule has 0 aliphatic heterocycles. The number of hydrogen-bond donors (Lipinski definition) is 0. The van der Waals surface area contributed by atoms with Gasteiger partial charge in [0.05, 0.1) is 6.26 Å². The van der Waals surface area contributed by atoms with E-state index < -0.39 is 0 Å². The second-order valence-corrected chi connectivity index (χ2v) is 6.48. The number of benzene rings is 1. The molecule has 0 amide bonds. The van der Waals surface area contributed by atoms with Gasteiger partial charge in [-0.05, 0) is 65.8 Å². The number of rotatable bonds is 0. The average molecular weight is 226 g/mol. The van der Waals surface area contributed by atoms with Gasteiger partial charge in [0.15, 0.2) is 0 Å². The maximum Gasteiger partial charge on any atom is 0.134 e. The molecule has 3 aliphatic rings. The summed E-state index contributed by atoms with van der Waals surface area (Å²) in [6.45, 7) is 4.87. The second kappa shape index (κ2) is 2.77. The van der Waals surface area contributed by atoms with Gasteiger partial charge in [-0.25, -0.2) is 0 Å². The van der Waals surface area contributed by atoms with E-state index >= 15 is 0 Å². The zero-order chi connectivity index (χ0) is 11.7. The van der Waals surface area contributed by atoms with Crippen LogP contribution in [0.3, 0.4) is 0 Å². The first kappa shape index (κ1) is 9.76. The van der Waals surface area contributed by atoms with Crippen molar-refractivity contribution in [3.05, 3.63) is 35.6 Å². The Hall–Kier alpha value is -1.24. The van der Waals surface area contributed by atoms with Gasteiger partial charge in [-0.15, -0.1) is 0 Å². The van der Waals surface area contributed by atoms with Gasteiger partial charge in [0.1, 0.15) is 5.58 Å². The zero-order valence-corrected chi connectivity index (χ0v) is 10.5. The molecule has 1 saturated carbocycles. The summed E-state index contributed by atoms with van der Waals surface area (Å²) in [6, 6.07) is 6.77. The molecule has 1 nitrogen and oxygen atoms in total. The Bertz CT molecular complexity index is 545. The molecule has 1 heterocycles. The molecule has 0 atom stereocenters. The first-order valence-corrected chi connectivity index (χ1v) is 6.63. The highest BCUT2D eigenvalue weighted by molar-refractivity contribution is 5.80. The predicted octanol–water partition coefficient (Wildman–Crippen LogP) is 4.54. The van der Waals surface area contributed by atoms with Crippen LogP contribution in [-0.2, 0) is 10.8 Å². The first-order valence-electron chi connectivity index (χ1n) is 6.63. The van der Waals surface area contributed by atoms with E-state index in [1.807, 2.05) is 6.26 Å². The standard InChI is InChI=1S/C16H18O/c1-15-4-6-16(2,7-5-15)13-10-14-11(3-8-17-14)9-12(13)15/h3,8-10H,4-7H2,1-2H3. The molecule has 17 heavy (non-hydrogen) atoms. The number of fused-ring (bicyclic) bond motifs is 3. The van der Waals surface area contributed by atoms with Gasteiger partial charge in [0.2, 0.25) is 0 Å². The fourth-order valence-corrected chi connectivity index (χ4v) is 3.90. The Balaban J connectivity index is 2.10. The highest BCUT2D eigenvalue weighted by Gasteiger charge is 2.47. The first-order chi connectivity index (χ1) is 8.11. The average Bonchev–Trinajstić information content (AvgIpc) is 2.78. The van der Waals surface area contributed by atoms with E-state index in [2.05, 4.69) is 32.0 Å². The summed E-state index contributed by atoms with van der Waals surface area (Å²) in [5, 5.41) is 1.26. The lowest BCUT2D eigenvalue weighted by Crippen LogP contribution is -2.44. The van der Waals surface area contributed by atoms with E-state index in [-0.39, 0.29) is 0 Å². The molecule has 5 rings (SSSR count). The smallest absolute Gasteiger partial charge is 0.134 e. The summed E-state index contributed by atoms with van der Waals surface area (Å²) < 4.78 is 5.57. The quantitative estimate of drug-likeness (QED) is 0.643. The lowest BCUT2D eigenvalue weighted by molar-refractivity contribution is 0.188. The molecule has 0 unspecified atom stereocenters. The molecule has 0 N–H and O–H groups in total. The molecule has 0 spiro atoms. The summed E-state index contributed by atoms with van der Waals surface area (Å²) in [5.41, 5.74) is 5.01. The fraction of sp³-hybridized carbons (Fsp3) is 0.500. The van der Waals surface area contributed by atoms with Gasteiger partial charge >= 0.3 is 0 Å². The van der Waals surface area contributed by atoms with Crippen LogP contribution in [0.15, 0.2) is 28.9 Å². The molecule has 2 bridgehead atoms. The van der Waals surface area contributed by atoms with Gasteiger partial charge in [0.25, 0.3) is 0 Å². The van der Waals surface area contributed by atoms with Crippen LogP contribution in [0.5, 0.6) is 0 Å². The Labute approximate surface area is 102 Å². The van der Waals surface area contributed by atoms with Crippen molar-refractivity contribution < 1.29 is 4.42 Å². The van der Waals surface area contributed by atoms with Crippen LogP contribution in [0.25, 0.3) is 11.0 Å². The summed E-state index contributed by atoms with van der Waals surface area (Å²) in [6.07, 6.45) is 7.17. The molecule has 1 aromatic heterocycles. The van der Waals surface area contributed by atoms with Crippen LogP contribution >= 0.6 is 0 Å². The number of hydrogen-bond acceptors (Lipinski definition) is 1. The van der Waals surface area contributed by atoms with Crippen LogP contribution in [0.4, 0.5) is 0 Å². The van der Waals surface area contributed by atoms with Crippen molar-refractivity contribution in [3.63, 3.8) is 0 Å². The van der Waals surface area contributed by atoms with Crippen LogP contribution in [0.2, 0.25) is 0 Å². The van der Waals surface area contributed by atoms with Gasteiger partial charge in [-0.3, -0.25) is 0 Å². The van der Waals surface area contributed by atoms with Crippen molar-refractivity contribution >= 4 is 11.0 Å². The molecular formula is C16H18O. The van der Waals surface area contributed by atoms with E-state index in [1.54, 1.807) is 11.1 Å². The van der Waals surface area contributed by atoms with E-state index in [0.717, 1.165) is 5.58 Å². The Morgan fingerprint density at radius 1 is 0.941 bits per heavy atom. The Morgan fingerprint density at radius 3 is 2.18 bits per heavy atom. The Kier molecular flexibility index (Phi) is 1.59. The van der Waals surface area contributed by atoms with Crippen LogP contribution in [0, 0.1) is 0 Å². The third-order valence-electron chi connectivity index (χ3n) is 5.35. The fourth-order valence-electron chi connectivity index (χ4n) is 3.90. The summed E-state index contributed by atoms with van der Waals surface area (Å²) in [7, 11) is 0. The monoisotopic (exact) mass is 226 g/mol. The summed E-state index contributed by atoms with van der Waals surface area (Å²) in [5.74, 6) is 0. The topological polar surface area (TPSA) is 13.1 Å². The highest BCUT2D eigenvalue weighted by Crippen LogP contribution is 2.56. The predicted molar refractivity (Wildman–Crippen MR) is 69.4 cm³/mol. The van der Waals surface area contributed by atoms with Gasteiger partial charge in [-0.1, -0.05) is 13.8 Å². The summed E-state index contributed by atoms with van der Waals surface area (Å²) in [4.78, 5) is 0. The van der Waals surface area contributed by atoms with Crippen molar-refractivity contribution in [2.45, 2.75) is 50.4 Å². The van der Waals surface area contributed by atoms with E-state index in [1.165, 1.54) is 31.1 Å². The normalized spacial score (nSPS) is 35.2. The van der Waals surface area contributed by atoms with Crippen LogP contribution in [-0.4, -0.2) is 0 Å². The molecule has 1 heteroatoms. The lowest BCUT2D eigenvalue weighted by Gasteiger charge is -2.52. The zero-order valence-electron chi connectivity index (χ0n) is 10.5. The van der Waals surface area contributed by atoms with E-state index in [0.29, 0.717) is 10.8 Å². The minimum absolute atomic E-state index is 0.397. The van der Waals surface area contributed by atoms with Crippen LogP contribution in [0.1, 0.15) is 50.7 Å². The van der Waals surface area contributed by atoms with Gasteiger partial charge in [-0.2, -0.15) is 0 Å². The minimum Gasteiger partial charge on any atom is -0.464 e. The van der Waals surface area contributed by atoms with Crippen molar-refractivity contribution in [1.82, 2.24) is 0 Å². The third kappa shape index (κ3) is 1.10. The van der Waals surface area contributed by atoms with Crippen molar-refractivity contribution in [1.29, 1.82) is 0 Å². The molecule has 0 saturated heterocycles. The largest absolute Gasteiger partial charge is 0.464 e. The molecule has 88 valence electrons. The van der Waals surface area contributed by atoms with E-state index in [9.17, 15) is 0 Å². The van der Waals surface area contributed by atoms with E-state index in [4.69, 9.17) is 4.42 Å². The van der Waals surface area contributed by atoms with Crippen molar-refractivity contribution in [2.24, 2.45) is 0 Å². The maximum atomic E-state index is 5.57. The number of furan rings is 1. The lowest BCUT2D eigenvalue weighted by atomic mass is 9.52. The molecule has 0 radical (unpaired) electrons.